The molecule has 1 aliphatic rings. The van der Waals surface area contributed by atoms with Crippen molar-refractivity contribution in [2.45, 2.75) is 44.9 Å². The molecular weight excluding hydrogens is 358 g/mol. The van der Waals surface area contributed by atoms with Crippen molar-refractivity contribution in [3.05, 3.63) is 30.1 Å². The molecule has 3 N–H and O–H groups in total. The van der Waals surface area contributed by atoms with Gasteiger partial charge in [0.2, 0.25) is 0 Å². The second-order valence-electron chi connectivity index (χ2n) is 8.01. The number of benzene rings is 1. The van der Waals surface area contributed by atoms with E-state index in [2.05, 4.69) is 33.2 Å². The Hall–Kier alpha value is -2.76. The number of hydrogen-bond acceptors (Lipinski definition) is 7. The molecule has 28 heavy (non-hydrogen) atoms. The summed E-state index contributed by atoms with van der Waals surface area (Å²) in [6, 6.07) is 5.55. The van der Waals surface area contributed by atoms with Gasteiger partial charge in [0.25, 0.3) is 5.91 Å². The number of aliphatic hydroxyl groups excluding tert-OH is 1. The first-order chi connectivity index (χ1) is 13.2. The highest BCUT2D eigenvalue weighted by Crippen LogP contribution is 2.30. The van der Waals surface area contributed by atoms with Crippen LogP contribution >= 0.6 is 0 Å². The topological polar surface area (TPSA) is 122 Å². The van der Waals surface area contributed by atoms with E-state index in [-0.39, 0.29) is 6.04 Å². The lowest BCUT2D eigenvalue weighted by atomic mass is 9.94. The number of fused-ring (bicyclic) bond motifs is 1. The lowest BCUT2D eigenvalue weighted by molar-refractivity contribution is -0.142. The Balaban J connectivity index is 1.85. The molecule has 148 valence electrons. The van der Waals surface area contributed by atoms with E-state index >= 15 is 0 Å². The summed E-state index contributed by atoms with van der Waals surface area (Å²) in [5, 5.41) is 32.0. The average Bonchev–Trinajstić information content (AvgIpc) is 2.65. The standard InChI is InChI=1S/C20H25N5O3/c1-12-8-14(24-19(27)18(26)20(2,3)28)11-25(10-12)15-5-4-13(9-21)16-17(15)23-7-6-22-16/h4-7,12,14,18,26,28H,8,10-11H2,1-3H3,(H,24,27)/t12-,14+,18-/m0/s1. The molecule has 2 aromatic rings. The zero-order valence-electron chi connectivity index (χ0n) is 16.3. The summed E-state index contributed by atoms with van der Waals surface area (Å²) in [6.07, 6.45) is 2.42. The van der Waals surface area contributed by atoms with E-state index in [1.54, 1.807) is 18.5 Å². The first-order valence-electron chi connectivity index (χ1n) is 9.30. The molecule has 8 nitrogen and oxygen atoms in total. The Morgan fingerprint density at radius 1 is 1.32 bits per heavy atom. The zero-order valence-corrected chi connectivity index (χ0v) is 16.3. The van der Waals surface area contributed by atoms with Crippen LogP contribution in [0.15, 0.2) is 24.5 Å². The van der Waals surface area contributed by atoms with Crippen LogP contribution in [0.2, 0.25) is 0 Å². The quantitative estimate of drug-likeness (QED) is 0.719. The lowest BCUT2D eigenvalue weighted by Gasteiger charge is -2.39. The van der Waals surface area contributed by atoms with Crippen LogP contribution in [-0.2, 0) is 4.79 Å². The van der Waals surface area contributed by atoms with Gasteiger partial charge in [-0.05, 0) is 38.3 Å². The molecule has 0 saturated carbocycles. The van der Waals surface area contributed by atoms with Gasteiger partial charge in [0.15, 0.2) is 6.10 Å². The molecule has 2 heterocycles. The van der Waals surface area contributed by atoms with E-state index in [0.29, 0.717) is 29.1 Å². The smallest absolute Gasteiger partial charge is 0.252 e. The molecule has 1 amide bonds. The van der Waals surface area contributed by atoms with Crippen LogP contribution in [0.4, 0.5) is 5.69 Å². The van der Waals surface area contributed by atoms with Gasteiger partial charge in [-0.3, -0.25) is 14.8 Å². The lowest BCUT2D eigenvalue weighted by Crippen LogP contribution is -2.55. The molecule has 0 bridgehead atoms. The summed E-state index contributed by atoms with van der Waals surface area (Å²) in [4.78, 5) is 23.1. The number of aliphatic hydroxyl groups is 2. The normalized spacial score (nSPS) is 21.2. The fraction of sp³-hybridized carbons (Fsp3) is 0.500. The van der Waals surface area contributed by atoms with Crippen molar-refractivity contribution in [2.75, 3.05) is 18.0 Å². The van der Waals surface area contributed by atoms with Crippen molar-refractivity contribution < 1.29 is 15.0 Å². The molecule has 8 heteroatoms. The van der Waals surface area contributed by atoms with Crippen molar-refractivity contribution >= 4 is 22.6 Å². The molecule has 0 radical (unpaired) electrons. The largest absolute Gasteiger partial charge is 0.387 e. The number of hydrogen-bond donors (Lipinski definition) is 3. The number of aromatic nitrogens is 2. The maximum atomic E-state index is 12.3. The number of carbonyl (C=O) groups is 1. The van der Waals surface area contributed by atoms with Gasteiger partial charge in [-0.25, -0.2) is 0 Å². The average molecular weight is 383 g/mol. The molecule has 1 saturated heterocycles. The van der Waals surface area contributed by atoms with Crippen LogP contribution in [0.5, 0.6) is 0 Å². The highest BCUT2D eigenvalue weighted by molar-refractivity contribution is 5.92. The first kappa shape index (κ1) is 20.0. The van der Waals surface area contributed by atoms with Gasteiger partial charge in [-0.1, -0.05) is 6.92 Å². The van der Waals surface area contributed by atoms with Gasteiger partial charge in [-0.2, -0.15) is 5.26 Å². The molecule has 0 unspecified atom stereocenters. The summed E-state index contributed by atoms with van der Waals surface area (Å²) in [6.45, 7) is 6.20. The number of amides is 1. The van der Waals surface area contributed by atoms with E-state index < -0.39 is 17.6 Å². The van der Waals surface area contributed by atoms with Crippen molar-refractivity contribution in [3.8, 4) is 6.07 Å². The highest BCUT2D eigenvalue weighted by atomic mass is 16.3. The maximum absolute atomic E-state index is 12.3. The van der Waals surface area contributed by atoms with Gasteiger partial charge >= 0.3 is 0 Å². The van der Waals surface area contributed by atoms with Crippen molar-refractivity contribution in [1.29, 1.82) is 5.26 Å². The van der Waals surface area contributed by atoms with E-state index in [1.165, 1.54) is 13.8 Å². The van der Waals surface area contributed by atoms with Crippen LogP contribution in [0.3, 0.4) is 0 Å². The van der Waals surface area contributed by atoms with Gasteiger partial charge in [-0.15, -0.1) is 0 Å². The summed E-state index contributed by atoms with van der Waals surface area (Å²) in [5.41, 5.74) is 1.02. The number of piperidine rings is 1. The predicted octanol–water partition coefficient (Wildman–Crippen LogP) is 0.964. The number of rotatable bonds is 4. The predicted molar refractivity (Wildman–Crippen MR) is 104 cm³/mol. The van der Waals surface area contributed by atoms with Crippen molar-refractivity contribution in [2.24, 2.45) is 5.92 Å². The summed E-state index contributed by atoms with van der Waals surface area (Å²) >= 11 is 0. The molecule has 1 aliphatic heterocycles. The minimum atomic E-state index is -1.51. The first-order valence-corrected chi connectivity index (χ1v) is 9.30. The van der Waals surface area contributed by atoms with Crippen LogP contribution in [0.1, 0.15) is 32.8 Å². The SMILES string of the molecule is C[C@H]1C[C@@H](NC(=O)[C@H](O)C(C)(C)O)CN(c2ccc(C#N)c3nccnc23)C1. The molecule has 3 atom stereocenters. The van der Waals surface area contributed by atoms with E-state index in [1.807, 2.05) is 6.07 Å². The Morgan fingerprint density at radius 2 is 2.00 bits per heavy atom. The second-order valence-corrected chi connectivity index (χ2v) is 8.01. The number of anilines is 1. The number of nitrogens with one attached hydrogen (secondary N) is 1. The number of nitriles is 1. The van der Waals surface area contributed by atoms with Gasteiger partial charge in [0.1, 0.15) is 17.1 Å². The monoisotopic (exact) mass is 383 g/mol. The Bertz CT molecular complexity index is 918. The Kier molecular flexibility index (Phi) is 5.49. The highest BCUT2D eigenvalue weighted by Gasteiger charge is 2.34. The fourth-order valence-electron chi connectivity index (χ4n) is 3.64. The Labute approximate surface area is 163 Å². The van der Waals surface area contributed by atoms with Crippen LogP contribution in [0.25, 0.3) is 11.0 Å². The molecular formula is C20H25N5O3. The van der Waals surface area contributed by atoms with Crippen molar-refractivity contribution in [3.63, 3.8) is 0 Å². The minimum Gasteiger partial charge on any atom is -0.387 e. The van der Waals surface area contributed by atoms with E-state index in [0.717, 1.165) is 18.7 Å². The van der Waals surface area contributed by atoms with Gasteiger partial charge in [0.05, 0.1) is 16.9 Å². The van der Waals surface area contributed by atoms with E-state index in [9.17, 15) is 20.3 Å². The summed E-state index contributed by atoms with van der Waals surface area (Å²) < 4.78 is 0. The molecule has 0 aliphatic carbocycles. The number of nitrogens with zero attached hydrogens (tertiary/aromatic N) is 4. The van der Waals surface area contributed by atoms with Crippen LogP contribution in [0, 0.1) is 17.2 Å². The van der Waals surface area contributed by atoms with E-state index in [4.69, 9.17) is 0 Å². The summed E-state index contributed by atoms with van der Waals surface area (Å²) in [5.74, 6) is -0.295. The second kappa shape index (κ2) is 7.70. The van der Waals surface area contributed by atoms with Crippen LogP contribution in [-0.4, -0.2) is 56.9 Å². The molecule has 3 rings (SSSR count). The number of carbonyl (C=O) groups excluding carboxylic acids is 1. The minimum absolute atomic E-state index is 0.185. The third kappa shape index (κ3) is 4.06. The molecule has 1 aromatic carbocycles. The van der Waals surface area contributed by atoms with Crippen LogP contribution < -0.4 is 10.2 Å². The third-order valence-electron chi connectivity index (χ3n) is 4.99. The van der Waals surface area contributed by atoms with Gasteiger partial charge < -0.3 is 20.4 Å². The molecule has 1 fully saturated rings. The fourth-order valence-corrected chi connectivity index (χ4v) is 3.64. The Morgan fingerprint density at radius 3 is 2.64 bits per heavy atom. The summed E-state index contributed by atoms with van der Waals surface area (Å²) in [7, 11) is 0. The zero-order chi connectivity index (χ0) is 20.5. The molecule has 0 spiro atoms. The van der Waals surface area contributed by atoms with Gasteiger partial charge in [0, 0.05) is 31.5 Å². The maximum Gasteiger partial charge on any atom is 0.252 e. The van der Waals surface area contributed by atoms with Crippen molar-refractivity contribution in [1.82, 2.24) is 15.3 Å². The third-order valence-corrected chi connectivity index (χ3v) is 4.99. The molecule has 1 aromatic heterocycles.